The van der Waals surface area contributed by atoms with E-state index in [1.807, 2.05) is 50.2 Å². The Kier molecular flexibility index (Phi) is 6.49. The van der Waals surface area contributed by atoms with Crippen molar-refractivity contribution in [2.24, 2.45) is 0 Å². The number of benzene rings is 2. The number of nitrogens with one attached hydrogen (secondary N) is 1. The third-order valence-corrected chi connectivity index (χ3v) is 6.14. The van der Waals surface area contributed by atoms with E-state index in [2.05, 4.69) is 9.88 Å². The molecule has 1 aliphatic rings. The van der Waals surface area contributed by atoms with Crippen LogP contribution in [0.25, 0.3) is 11.8 Å². The number of imide groups is 1. The van der Waals surface area contributed by atoms with Crippen molar-refractivity contribution in [3.05, 3.63) is 86.8 Å². The lowest BCUT2D eigenvalue weighted by Crippen LogP contribution is -2.30. The third kappa shape index (κ3) is 4.63. The van der Waals surface area contributed by atoms with Crippen molar-refractivity contribution < 1.29 is 14.3 Å². The van der Waals surface area contributed by atoms with Crippen LogP contribution < -0.4 is 10.1 Å². The molecule has 3 amide bonds. The summed E-state index contributed by atoms with van der Waals surface area (Å²) < 4.78 is 7.96. The van der Waals surface area contributed by atoms with Crippen molar-refractivity contribution in [2.45, 2.75) is 27.4 Å². The molecule has 1 aliphatic heterocycles. The van der Waals surface area contributed by atoms with Crippen LogP contribution in [0.2, 0.25) is 10.0 Å². The van der Waals surface area contributed by atoms with Crippen molar-refractivity contribution in [1.29, 1.82) is 0 Å². The molecule has 4 rings (SSSR count). The molecular formula is C25H23Cl2N3O3. The number of likely N-dealkylation sites (N-methyl/N-ethyl adjacent to an activating group) is 1. The number of aromatic nitrogens is 1. The molecular weight excluding hydrogens is 461 g/mol. The lowest BCUT2D eigenvalue weighted by atomic mass is 10.2. The Morgan fingerprint density at radius 1 is 1.03 bits per heavy atom. The van der Waals surface area contributed by atoms with Crippen molar-refractivity contribution in [3.63, 3.8) is 0 Å². The number of amides is 3. The summed E-state index contributed by atoms with van der Waals surface area (Å²) in [7, 11) is 0. The van der Waals surface area contributed by atoms with Gasteiger partial charge in [-0.3, -0.25) is 9.69 Å². The highest BCUT2D eigenvalue weighted by molar-refractivity contribution is 6.35. The van der Waals surface area contributed by atoms with Crippen LogP contribution in [0.4, 0.5) is 4.79 Å². The molecule has 0 atom stereocenters. The van der Waals surface area contributed by atoms with Gasteiger partial charge >= 0.3 is 6.03 Å². The minimum Gasteiger partial charge on any atom is -0.489 e. The van der Waals surface area contributed by atoms with Crippen LogP contribution in [0.3, 0.4) is 0 Å². The average Bonchev–Trinajstić information content (AvgIpc) is 3.21. The molecule has 1 N–H and O–H groups in total. The summed E-state index contributed by atoms with van der Waals surface area (Å²) in [5, 5.41) is 3.80. The topological polar surface area (TPSA) is 63.6 Å². The molecule has 0 aliphatic carbocycles. The van der Waals surface area contributed by atoms with Crippen LogP contribution in [0.5, 0.6) is 5.75 Å². The van der Waals surface area contributed by atoms with Crippen molar-refractivity contribution in [1.82, 2.24) is 14.8 Å². The Labute approximate surface area is 202 Å². The fourth-order valence-corrected chi connectivity index (χ4v) is 4.30. The second-order valence-electron chi connectivity index (χ2n) is 7.72. The Morgan fingerprint density at radius 3 is 2.39 bits per heavy atom. The summed E-state index contributed by atoms with van der Waals surface area (Å²) in [4.78, 5) is 25.5. The predicted octanol–water partition coefficient (Wildman–Crippen LogP) is 5.89. The van der Waals surface area contributed by atoms with Gasteiger partial charge in [-0.2, -0.15) is 0 Å². The highest BCUT2D eigenvalue weighted by Gasteiger charge is 2.32. The van der Waals surface area contributed by atoms with E-state index in [0.717, 1.165) is 28.2 Å². The zero-order valence-electron chi connectivity index (χ0n) is 18.5. The molecule has 0 saturated carbocycles. The average molecular weight is 484 g/mol. The molecule has 8 heteroatoms. The monoisotopic (exact) mass is 483 g/mol. The highest BCUT2D eigenvalue weighted by atomic mass is 35.5. The van der Waals surface area contributed by atoms with Gasteiger partial charge in [0.25, 0.3) is 5.91 Å². The van der Waals surface area contributed by atoms with Gasteiger partial charge in [-0.15, -0.1) is 0 Å². The number of ether oxygens (including phenoxy) is 1. The van der Waals surface area contributed by atoms with Gasteiger partial charge in [0.05, 0.1) is 0 Å². The van der Waals surface area contributed by atoms with Crippen LogP contribution >= 0.6 is 23.2 Å². The van der Waals surface area contributed by atoms with E-state index < -0.39 is 6.03 Å². The van der Waals surface area contributed by atoms with Gasteiger partial charge in [-0.25, -0.2) is 4.79 Å². The quantitative estimate of drug-likeness (QED) is 0.351. The minimum absolute atomic E-state index is 0.284. The Morgan fingerprint density at radius 2 is 1.76 bits per heavy atom. The number of carbonyl (C=O) groups is 2. The maximum Gasteiger partial charge on any atom is 0.328 e. The van der Waals surface area contributed by atoms with Gasteiger partial charge in [-0.1, -0.05) is 29.3 Å². The van der Waals surface area contributed by atoms with Gasteiger partial charge in [-0.05, 0) is 74.9 Å². The molecule has 1 aromatic heterocycles. The van der Waals surface area contributed by atoms with E-state index in [1.165, 1.54) is 4.90 Å². The number of aryl methyl sites for hydroxylation is 1. The molecule has 0 radical (unpaired) electrons. The smallest absolute Gasteiger partial charge is 0.328 e. The van der Waals surface area contributed by atoms with E-state index in [1.54, 1.807) is 25.1 Å². The summed E-state index contributed by atoms with van der Waals surface area (Å²) in [6.07, 6.45) is 1.72. The number of rotatable bonds is 6. The zero-order valence-corrected chi connectivity index (χ0v) is 20.0. The fraction of sp³-hybridized carbons (Fsp3) is 0.200. The molecule has 2 aromatic carbocycles. The maximum atomic E-state index is 12.4. The van der Waals surface area contributed by atoms with E-state index >= 15 is 0 Å². The molecule has 1 fully saturated rings. The number of urea groups is 1. The fourth-order valence-electron chi connectivity index (χ4n) is 3.84. The first-order valence-electron chi connectivity index (χ1n) is 10.5. The molecule has 170 valence electrons. The normalized spacial score (nSPS) is 14.8. The van der Waals surface area contributed by atoms with E-state index in [9.17, 15) is 9.59 Å². The Bertz CT molecular complexity index is 1260. The lowest BCUT2D eigenvalue weighted by Gasteiger charge is -2.12. The third-order valence-electron chi connectivity index (χ3n) is 5.55. The standard InChI is InChI=1S/C25H23Cl2N3O3/c1-4-29-24(31)23(28-25(29)32)12-18-11-15(2)30(16(18)3)20-7-9-21(10-8-20)33-14-17-5-6-19(26)13-22(17)27/h5-13H,4,14H2,1-3H3,(H,28,32)/b23-12+. The predicted molar refractivity (Wildman–Crippen MR) is 130 cm³/mol. The first-order valence-corrected chi connectivity index (χ1v) is 11.2. The first-order chi connectivity index (χ1) is 15.8. The number of hydrogen-bond acceptors (Lipinski definition) is 3. The van der Waals surface area contributed by atoms with E-state index in [-0.39, 0.29) is 11.6 Å². The molecule has 1 saturated heterocycles. The van der Waals surface area contributed by atoms with Gasteiger partial charge < -0.3 is 14.6 Å². The molecule has 0 bridgehead atoms. The minimum atomic E-state index is -0.391. The lowest BCUT2D eigenvalue weighted by molar-refractivity contribution is -0.122. The van der Waals surface area contributed by atoms with Crippen LogP contribution in [0.15, 0.2) is 54.2 Å². The number of nitrogens with zero attached hydrogens (tertiary/aromatic N) is 2. The molecule has 0 unspecified atom stereocenters. The first kappa shape index (κ1) is 23.0. The number of hydrogen-bond donors (Lipinski definition) is 1. The SMILES string of the molecule is CCN1C(=O)N/C(=C/c2cc(C)n(-c3ccc(OCc4ccc(Cl)cc4Cl)cc3)c2C)C1=O. The van der Waals surface area contributed by atoms with E-state index in [0.29, 0.717) is 28.9 Å². The van der Waals surface area contributed by atoms with Crippen LogP contribution in [-0.2, 0) is 11.4 Å². The van der Waals surface area contributed by atoms with Crippen LogP contribution in [-0.4, -0.2) is 28.0 Å². The Hall–Kier alpha value is -3.22. The molecule has 6 nitrogen and oxygen atoms in total. The van der Waals surface area contributed by atoms with Gasteiger partial charge in [0.1, 0.15) is 18.1 Å². The van der Waals surface area contributed by atoms with Crippen molar-refractivity contribution in [3.8, 4) is 11.4 Å². The molecule has 2 heterocycles. The maximum absolute atomic E-state index is 12.4. The van der Waals surface area contributed by atoms with Crippen LogP contribution in [0, 0.1) is 13.8 Å². The summed E-state index contributed by atoms with van der Waals surface area (Å²) in [5.41, 5.74) is 4.93. The summed E-state index contributed by atoms with van der Waals surface area (Å²) in [6, 6.07) is 14.7. The number of halogens is 2. The molecule has 33 heavy (non-hydrogen) atoms. The van der Waals surface area contributed by atoms with E-state index in [4.69, 9.17) is 27.9 Å². The van der Waals surface area contributed by atoms with Gasteiger partial charge in [0.15, 0.2) is 0 Å². The zero-order chi connectivity index (χ0) is 23.7. The van der Waals surface area contributed by atoms with Gasteiger partial charge in [0, 0.05) is 39.2 Å². The largest absolute Gasteiger partial charge is 0.489 e. The highest BCUT2D eigenvalue weighted by Crippen LogP contribution is 2.26. The van der Waals surface area contributed by atoms with Gasteiger partial charge in [0.2, 0.25) is 0 Å². The Balaban J connectivity index is 1.53. The molecule has 3 aromatic rings. The summed E-state index contributed by atoms with van der Waals surface area (Å²) in [5.74, 6) is 0.406. The number of carbonyl (C=O) groups excluding carboxylic acids is 2. The summed E-state index contributed by atoms with van der Waals surface area (Å²) in [6.45, 7) is 6.41. The second-order valence-corrected chi connectivity index (χ2v) is 8.56. The second kappa shape index (κ2) is 9.33. The summed E-state index contributed by atoms with van der Waals surface area (Å²) >= 11 is 12.2. The molecule has 0 spiro atoms. The van der Waals surface area contributed by atoms with Crippen molar-refractivity contribution in [2.75, 3.05) is 6.54 Å². The van der Waals surface area contributed by atoms with Crippen LogP contribution in [0.1, 0.15) is 29.4 Å². The van der Waals surface area contributed by atoms with Crippen molar-refractivity contribution >= 4 is 41.2 Å².